The van der Waals surface area contributed by atoms with Crippen LogP contribution in [-0.2, 0) is 7.05 Å². The Morgan fingerprint density at radius 3 is 2.66 bits per heavy atom. The molecule has 2 heterocycles. The predicted octanol–water partition coefficient (Wildman–Crippen LogP) is 2.64. The summed E-state index contributed by atoms with van der Waals surface area (Å²) in [6.45, 7) is 1.65. The second-order valence-electron chi connectivity index (χ2n) is 6.81. The summed E-state index contributed by atoms with van der Waals surface area (Å²) in [6.07, 6.45) is 2.07. The van der Waals surface area contributed by atoms with Crippen LogP contribution < -0.4 is 10.2 Å². The van der Waals surface area contributed by atoms with Crippen molar-refractivity contribution in [2.24, 2.45) is 7.05 Å². The van der Waals surface area contributed by atoms with Gasteiger partial charge in [0, 0.05) is 43.5 Å². The molecule has 4 rings (SSSR count). The van der Waals surface area contributed by atoms with Gasteiger partial charge in [-0.2, -0.15) is 0 Å². The number of hydrogen-bond acceptors (Lipinski definition) is 7. The summed E-state index contributed by atoms with van der Waals surface area (Å²) >= 11 is 0. The highest BCUT2D eigenvalue weighted by Crippen LogP contribution is 2.29. The van der Waals surface area contributed by atoms with Crippen LogP contribution in [0.5, 0.6) is 0 Å². The van der Waals surface area contributed by atoms with Gasteiger partial charge >= 0.3 is 0 Å². The van der Waals surface area contributed by atoms with E-state index >= 15 is 0 Å². The van der Waals surface area contributed by atoms with Gasteiger partial charge in [0.05, 0.1) is 16.2 Å². The van der Waals surface area contributed by atoms with Crippen LogP contribution in [0, 0.1) is 10.1 Å². The maximum absolute atomic E-state index is 13.0. The zero-order valence-electron chi connectivity index (χ0n) is 15.8. The summed E-state index contributed by atoms with van der Waals surface area (Å²) < 4.78 is 1.53. The number of aryl methyl sites for hydroxylation is 1. The third-order valence-corrected chi connectivity index (χ3v) is 4.88. The van der Waals surface area contributed by atoms with Crippen molar-refractivity contribution in [2.45, 2.75) is 12.8 Å². The minimum absolute atomic E-state index is 0.114. The van der Waals surface area contributed by atoms with Gasteiger partial charge in [-0.15, -0.1) is 5.10 Å². The normalized spacial score (nSPS) is 13.5. The molecule has 0 spiro atoms. The molecule has 0 aliphatic carbocycles. The zero-order valence-corrected chi connectivity index (χ0v) is 15.8. The smallest absolute Gasteiger partial charge is 0.270 e. The average molecular weight is 393 g/mol. The van der Waals surface area contributed by atoms with E-state index in [0.717, 1.165) is 31.5 Å². The van der Waals surface area contributed by atoms with Crippen molar-refractivity contribution in [3.63, 3.8) is 0 Å². The van der Waals surface area contributed by atoms with Crippen molar-refractivity contribution < 1.29 is 9.72 Å². The number of anilines is 2. The first kappa shape index (κ1) is 18.5. The Balaban J connectivity index is 1.65. The van der Waals surface area contributed by atoms with Crippen LogP contribution in [0.3, 0.4) is 0 Å². The summed E-state index contributed by atoms with van der Waals surface area (Å²) in [5, 5.41) is 25.5. The molecule has 0 bridgehead atoms. The lowest BCUT2D eigenvalue weighted by Crippen LogP contribution is -2.23. The number of tetrazole rings is 1. The molecule has 1 aliphatic rings. The number of nitrogens with one attached hydrogen (secondary N) is 1. The van der Waals surface area contributed by atoms with Crippen molar-refractivity contribution in [1.82, 2.24) is 20.2 Å². The third-order valence-electron chi connectivity index (χ3n) is 4.88. The van der Waals surface area contributed by atoms with Crippen molar-refractivity contribution in [3.8, 4) is 11.4 Å². The van der Waals surface area contributed by atoms with Gasteiger partial charge in [0.1, 0.15) is 0 Å². The SMILES string of the molecule is Cn1nnnc1-c1cccc(NC(=O)c2cc([N+](=O)[O-])ccc2N2CCCC2)c1. The maximum Gasteiger partial charge on any atom is 0.270 e. The van der Waals surface area contributed by atoms with Gasteiger partial charge in [-0.3, -0.25) is 14.9 Å². The number of nitrogens with zero attached hydrogens (tertiary/aromatic N) is 6. The number of carbonyl (C=O) groups excluding carboxylic acids is 1. The first-order valence-corrected chi connectivity index (χ1v) is 9.20. The Morgan fingerprint density at radius 1 is 1.17 bits per heavy atom. The number of benzene rings is 2. The number of aromatic nitrogens is 4. The molecule has 0 atom stereocenters. The van der Waals surface area contributed by atoms with Crippen LogP contribution >= 0.6 is 0 Å². The molecule has 148 valence electrons. The van der Waals surface area contributed by atoms with E-state index in [2.05, 4.69) is 25.7 Å². The van der Waals surface area contributed by atoms with E-state index < -0.39 is 10.8 Å². The molecule has 1 saturated heterocycles. The van der Waals surface area contributed by atoms with Gasteiger partial charge in [-0.05, 0) is 41.5 Å². The second kappa shape index (κ2) is 7.66. The average Bonchev–Trinajstić information content (AvgIpc) is 3.39. The van der Waals surface area contributed by atoms with Crippen molar-refractivity contribution >= 4 is 23.0 Å². The standard InChI is InChI=1S/C19H19N7O3/c1-24-18(21-22-23-24)13-5-4-6-14(11-13)20-19(27)16-12-15(26(28)29)7-8-17(16)25-9-2-3-10-25/h4-8,11-12H,2-3,9-10H2,1H3,(H,20,27). The largest absolute Gasteiger partial charge is 0.371 e. The highest BCUT2D eigenvalue weighted by molar-refractivity contribution is 6.08. The molecule has 0 saturated carbocycles. The molecule has 1 aromatic heterocycles. The monoisotopic (exact) mass is 393 g/mol. The Hall–Kier alpha value is -3.82. The summed E-state index contributed by atoms with van der Waals surface area (Å²) in [5.74, 6) is 0.165. The molecule has 0 radical (unpaired) electrons. The van der Waals surface area contributed by atoms with Crippen LogP contribution in [0.4, 0.5) is 17.1 Å². The summed E-state index contributed by atoms with van der Waals surface area (Å²) in [7, 11) is 1.73. The highest BCUT2D eigenvalue weighted by Gasteiger charge is 2.22. The molecule has 1 amide bonds. The minimum atomic E-state index is -0.494. The second-order valence-corrected chi connectivity index (χ2v) is 6.81. The number of nitro benzene ring substituents is 1. The van der Waals surface area contributed by atoms with Gasteiger partial charge in [-0.25, -0.2) is 4.68 Å². The number of non-ortho nitro benzene ring substituents is 1. The van der Waals surface area contributed by atoms with Gasteiger partial charge < -0.3 is 10.2 Å². The van der Waals surface area contributed by atoms with Crippen molar-refractivity contribution in [2.75, 3.05) is 23.3 Å². The molecular formula is C19H19N7O3. The molecule has 29 heavy (non-hydrogen) atoms. The Morgan fingerprint density at radius 2 is 1.97 bits per heavy atom. The van der Waals surface area contributed by atoms with Crippen molar-refractivity contribution in [3.05, 3.63) is 58.1 Å². The number of carbonyl (C=O) groups is 1. The fourth-order valence-electron chi connectivity index (χ4n) is 3.46. The number of amides is 1. The number of nitro groups is 1. The fraction of sp³-hybridized carbons (Fsp3) is 0.263. The third kappa shape index (κ3) is 3.77. The molecule has 3 aromatic rings. The summed E-state index contributed by atoms with van der Waals surface area (Å²) in [5.41, 5.74) is 2.17. The molecule has 0 unspecified atom stereocenters. The lowest BCUT2D eigenvalue weighted by Gasteiger charge is -2.21. The van der Waals surface area contributed by atoms with Crippen molar-refractivity contribution in [1.29, 1.82) is 0 Å². The lowest BCUT2D eigenvalue weighted by molar-refractivity contribution is -0.384. The summed E-state index contributed by atoms with van der Waals surface area (Å²) in [6, 6.07) is 11.6. The Labute approximate surface area is 166 Å². The molecule has 10 nitrogen and oxygen atoms in total. The van der Waals surface area contributed by atoms with E-state index in [4.69, 9.17) is 0 Å². The minimum Gasteiger partial charge on any atom is -0.371 e. The Kier molecular flexibility index (Phi) is 4.90. The zero-order chi connectivity index (χ0) is 20.4. The molecule has 1 fully saturated rings. The van der Waals surface area contributed by atoms with E-state index in [1.165, 1.54) is 16.8 Å². The maximum atomic E-state index is 13.0. The topological polar surface area (TPSA) is 119 Å². The predicted molar refractivity (Wildman–Crippen MR) is 107 cm³/mol. The summed E-state index contributed by atoms with van der Waals surface area (Å²) in [4.78, 5) is 25.8. The van der Waals surface area contributed by atoms with E-state index in [1.807, 2.05) is 6.07 Å². The van der Waals surface area contributed by atoms with Gasteiger partial charge in [-0.1, -0.05) is 12.1 Å². The molecular weight excluding hydrogens is 374 g/mol. The molecule has 2 aromatic carbocycles. The molecule has 10 heteroatoms. The number of hydrogen-bond donors (Lipinski definition) is 1. The van der Waals surface area contributed by atoms with Gasteiger partial charge in [0.25, 0.3) is 11.6 Å². The quantitative estimate of drug-likeness (QED) is 0.523. The van der Waals surface area contributed by atoms with Gasteiger partial charge in [0.2, 0.25) is 0 Å². The van der Waals surface area contributed by atoms with E-state index in [9.17, 15) is 14.9 Å². The van der Waals surface area contributed by atoms with Crippen LogP contribution in [0.15, 0.2) is 42.5 Å². The lowest BCUT2D eigenvalue weighted by atomic mass is 10.1. The fourth-order valence-corrected chi connectivity index (χ4v) is 3.46. The first-order valence-electron chi connectivity index (χ1n) is 9.20. The van der Waals surface area contributed by atoms with Crippen LogP contribution in [-0.4, -0.2) is 44.1 Å². The van der Waals surface area contributed by atoms with Gasteiger partial charge in [0.15, 0.2) is 5.82 Å². The molecule has 1 aliphatic heterocycles. The molecule has 1 N–H and O–H groups in total. The van der Waals surface area contributed by atoms with Crippen LogP contribution in [0.2, 0.25) is 0 Å². The van der Waals surface area contributed by atoms with Crippen LogP contribution in [0.25, 0.3) is 11.4 Å². The van der Waals surface area contributed by atoms with E-state index in [0.29, 0.717) is 17.2 Å². The number of rotatable bonds is 5. The Bertz CT molecular complexity index is 1070. The van der Waals surface area contributed by atoms with Crippen LogP contribution in [0.1, 0.15) is 23.2 Å². The van der Waals surface area contributed by atoms with E-state index in [1.54, 1.807) is 31.3 Å². The first-order chi connectivity index (χ1) is 14.0. The van der Waals surface area contributed by atoms with E-state index in [-0.39, 0.29) is 11.3 Å². The highest BCUT2D eigenvalue weighted by atomic mass is 16.6.